The van der Waals surface area contributed by atoms with Gasteiger partial charge in [-0.1, -0.05) is 25.1 Å². The first-order chi connectivity index (χ1) is 9.20. The fourth-order valence-electron chi connectivity index (χ4n) is 2.89. The third kappa shape index (κ3) is 4.25. The van der Waals surface area contributed by atoms with E-state index in [4.69, 9.17) is 0 Å². The zero-order valence-electron chi connectivity index (χ0n) is 12.5. The second-order valence-electron chi connectivity index (χ2n) is 5.68. The Kier molecular flexibility index (Phi) is 5.77. The van der Waals surface area contributed by atoms with Gasteiger partial charge in [-0.3, -0.25) is 0 Å². The average molecular weight is 277 g/mol. The van der Waals surface area contributed by atoms with Crippen molar-refractivity contribution >= 4 is 11.8 Å². The van der Waals surface area contributed by atoms with Crippen molar-refractivity contribution in [3.05, 3.63) is 34.9 Å². The monoisotopic (exact) mass is 277 g/mol. The molecule has 106 valence electrons. The molecule has 0 bridgehead atoms. The van der Waals surface area contributed by atoms with Crippen molar-refractivity contribution in [3.63, 3.8) is 0 Å². The molecule has 0 aliphatic heterocycles. The minimum atomic E-state index is 0.458. The van der Waals surface area contributed by atoms with Crippen LogP contribution in [0.15, 0.2) is 18.2 Å². The summed E-state index contributed by atoms with van der Waals surface area (Å²) >= 11 is 2.01. The molecule has 2 unspecified atom stereocenters. The lowest BCUT2D eigenvalue weighted by molar-refractivity contribution is 0.510. The summed E-state index contributed by atoms with van der Waals surface area (Å²) < 4.78 is 0. The Balaban J connectivity index is 1.97. The van der Waals surface area contributed by atoms with Gasteiger partial charge in [-0.2, -0.15) is 11.8 Å². The van der Waals surface area contributed by atoms with E-state index in [-0.39, 0.29) is 0 Å². The molecule has 0 radical (unpaired) electrons. The molecule has 0 fully saturated rings. The fourth-order valence-corrected chi connectivity index (χ4v) is 3.57. The Morgan fingerprint density at radius 1 is 1.16 bits per heavy atom. The highest BCUT2D eigenvalue weighted by Crippen LogP contribution is 2.25. The Labute approximate surface area is 122 Å². The zero-order chi connectivity index (χ0) is 13.7. The van der Waals surface area contributed by atoms with Crippen LogP contribution in [0.2, 0.25) is 0 Å². The molecule has 19 heavy (non-hydrogen) atoms. The maximum atomic E-state index is 3.72. The number of hydrogen-bond acceptors (Lipinski definition) is 2. The van der Waals surface area contributed by atoms with E-state index in [9.17, 15) is 0 Å². The van der Waals surface area contributed by atoms with Gasteiger partial charge in [0.1, 0.15) is 0 Å². The minimum Gasteiger partial charge on any atom is -0.307 e. The summed E-state index contributed by atoms with van der Waals surface area (Å²) in [6.07, 6.45) is 5.28. The van der Waals surface area contributed by atoms with Crippen molar-refractivity contribution < 1.29 is 0 Å². The SMILES string of the molecule is CCSCC(C)NC(C)c1ccc2c(c1)CCCC2. The Morgan fingerprint density at radius 2 is 1.89 bits per heavy atom. The molecule has 0 saturated carbocycles. The van der Waals surface area contributed by atoms with Crippen LogP contribution in [0.3, 0.4) is 0 Å². The van der Waals surface area contributed by atoms with Crippen LogP contribution in [0, 0.1) is 0 Å². The molecule has 2 heteroatoms. The predicted octanol–water partition coefficient (Wildman–Crippen LogP) is 4.36. The Bertz CT molecular complexity index is 402. The second kappa shape index (κ2) is 7.35. The summed E-state index contributed by atoms with van der Waals surface area (Å²) in [5.74, 6) is 2.41. The van der Waals surface area contributed by atoms with E-state index in [1.54, 1.807) is 11.1 Å². The molecule has 2 atom stereocenters. The van der Waals surface area contributed by atoms with Crippen molar-refractivity contribution in [3.8, 4) is 0 Å². The number of fused-ring (bicyclic) bond motifs is 1. The topological polar surface area (TPSA) is 12.0 Å². The molecule has 1 N–H and O–H groups in total. The number of rotatable bonds is 6. The maximum absolute atomic E-state index is 3.72. The van der Waals surface area contributed by atoms with Gasteiger partial charge >= 0.3 is 0 Å². The van der Waals surface area contributed by atoms with E-state index in [2.05, 4.69) is 44.3 Å². The highest BCUT2D eigenvalue weighted by molar-refractivity contribution is 7.99. The normalized spacial score (nSPS) is 17.8. The van der Waals surface area contributed by atoms with Crippen LogP contribution in [0.4, 0.5) is 0 Å². The second-order valence-corrected chi connectivity index (χ2v) is 7.00. The standard InChI is InChI=1S/C17H27NS/c1-4-19-12-13(2)18-14(3)16-10-9-15-7-5-6-8-17(15)11-16/h9-11,13-14,18H,4-8,12H2,1-3H3. The Morgan fingerprint density at radius 3 is 2.63 bits per heavy atom. The van der Waals surface area contributed by atoms with Crippen molar-refractivity contribution in [2.45, 2.75) is 58.5 Å². The van der Waals surface area contributed by atoms with Crippen molar-refractivity contribution in [2.24, 2.45) is 0 Å². The molecular weight excluding hydrogens is 250 g/mol. The largest absolute Gasteiger partial charge is 0.307 e. The summed E-state index contributed by atoms with van der Waals surface area (Å²) in [4.78, 5) is 0. The Hall–Kier alpha value is -0.470. The van der Waals surface area contributed by atoms with Crippen LogP contribution in [-0.4, -0.2) is 17.5 Å². The van der Waals surface area contributed by atoms with E-state index in [0.717, 1.165) is 0 Å². The van der Waals surface area contributed by atoms with Crippen LogP contribution >= 0.6 is 11.8 Å². The van der Waals surface area contributed by atoms with Crippen molar-refractivity contribution in [1.29, 1.82) is 0 Å². The number of nitrogens with one attached hydrogen (secondary N) is 1. The van der Waals surface area contributed by atoms with Gasteiger partial charge in [0, 0.05) is 17.8 Å². The van der Waals surface area contributed by atoms with Crippen molar-refractivity contribution in [2.75, 3.05) is 11.5 Å². The average Bonchev–Trinajstić information content (AvgIpc) is 2.44. The number of hydrogen-bond donors (Lipinski definition) is 1. The van der Waals surface area contributed by atoms with Gasteiger partial charge in [0.2, 0.25) is 0 Å². The van der Waals surface area contributed by atoms with Gasteiger partial charge in [-0.15, -0.1) is 0 Å². The molecule has 0 heterocycles. The van der Waals surface area contributed by atoms with E-state index in [1.807, 2.05) is 11.8 Å². The molecule has 0 aromatic heterocycles. The van der Waals surface area contributed by atoms with Gasteiger partial charge in [0.05, 0.1) is 0 Å². The van der Waals surface area contributed by atoms with Crippen molar-refractivity contribution in [1.82, 2.24) is 5.32 Å². The van der Waals surface area contributed by atoms with Crippen LogP contribution in [0.5, 0.6) is 0 Å². The third-order valence-corrected chi connectivity index (χ3v) is 5.12. The lowest BCUT2D eigenvalue weighted by Gasteiger charge is -2.23. The molecule has 1 aliphatic rings. The summed E-state index contributed by atoms with van der Waals surface area (Å²) in [6.45, 7) is 6.81. The molecular formula is C17H27NS. The maximum Gasteiger partial charge on any atom is 0.0294 e. The highest BCUT2D eigenvalue weighted by atomic mass is 32.2. The molecule has 0 amide bonds. The van der Waals surface area contributed by atoms with Crippen LogP contribution in [0.1, 0.15) is 56.3 Å². The zero-order valence-corrected chi connectivity index (χ0v) is 13.4. The molecule has 1 aromatic carbocycles. The van der Waals surface area contributed by atoms with E-state index >= 15 is 0 Å². The number of thioether (sulfide) groups is 1. The third-order valence-electron chi connectivity index (χ3n) is 3.98. The molecule has 2 rings (SSSR count). The van der Waals surface area contributed by atoms with Gasteiger partial charge in [-0.25, -0.2) is 0 Å². The van der Waals surface area contributed by atoms with Crippen LogP contribution in [0.25, 0.3) is 0 Å². The summed E-state index contributed by atoms with van der Waals surface area (Å²) in [7, 11) is 0. The quantitative estimate of drug-likeness (QED) is 0.829. The summed E-state index contributed by atoms with van der Waals surface area (Å²) in [5, 5.41) is 3.72. The van der Waals surface area contributed by atoms with Gasteiger partial charge in [0.15, 0.2) is 0 Å². The summed E-state index contributed by atoms with van der Waals surface area (Å²) in [6, 6.07) is 8.15. The molecule has 1 aromatic rings. The van der Waals surface area contributed by atoms with Gasteiger partial charge in [-0.05, 0) is 62.0 Å². The minimum absolute atomic E-state index is 0.458. The molecule has 0 saturated heterocycles. The fraction of sp³-hybridized carbons (Fsp3) is 0.647. The first kappa shape index (κ1) is 14.9. The van der Waals surface area contributed by atoms with E-state index in [1.165, 1.54) is 42.8 Å². The van der Waals surface area contributed by atoms with Gasteiger partial charge < -0.3 is 5.32 Å². The first-order valence-corrected chi connectivity index (χ1v) is 8.81. The van der Waals surface area contributed by atoms with Crippen LogP contribution < -0.4 is 5.32 Å². The number of benzene rings is 1. The lowest BCUT2D eigenvalue weighted by atomic mass is 9.89. The van der Waals surface area contributed by atoms with E-state index < -0.39 is 0 Å². The highest BCUT2D eigenvalue weighted by Gasteiger charge is 2.13. The summed E-state index contributed by atoms with van der Waals surface area (Å²) in [5.41, 5.74) is 4.62. The molecule has 0 spiro atoms. The number of aryl methyl sites for hydroxylation is 2. The van der Waals surface area contributed by atoms with E-state index in [0.29, 0.717) is 12.1 Å². The molecule has 1 nitrogen and oxygen atoms in total. The van der Waals surface area contributed by atoms with Gasteiger partial charge in [0.25, 0.3) is 0 Å². The van der Waals surface area contributed by atoms with Crippen LogP contribution in [-0.2, 0) is 12.8 Å². The smallest absolute Gasteiger partial charge is 0.0294 e. The first-order valence-electron chi connectivity index (χ1n) is 7.66. The predicted molar refractivity (Wildman–Crippen MR) is 87.1 cm³/mol. The lowest BCUT2D eigenvalue weighted by Crippen LogP contribution is -2.31. The molecule has 1 aliphatic carbocycles.